The van der Waals surface area contributed by atoms with Gasteiger partial charge in [0, 0.05) is 99.5 Å². The molecule has 86 heavy (non-hydrogen) atoms. The van der Waals surface area contributed by atoms with Crippen LogP contribution < -0.4 is 18.9 Å². The van der Waals surface area contributed by atoms with Crippen LogP contribution in [0.2, 0.25) is 0 Å². The van der Waals surface area contributed by atoms with Gasteiger partial charge in [-0.3, -0.25) is 19.2 Å². The number of hydrogen-bond donors (Lipinski definition) is 0. The fourth-order valence-electron chi connectivity index (χ4n) is 11.1. The average molecular weight is 1230 g/mol. The lowest BCUT2D eigenvalue weighted by Crippen LogP contribution is -2.25. The second kappa shape index (κ2) is 30.3. The van der Waals surface area contributed by atoms with Gasteiger partial charge in [-0.2, -0.15) is 0 Å². The highest BCUT2D eigenvalue weighted by molar-refractivity contribution is 7.98. The van der Waals surface area contributed by atoms with Crippen molar-refractivity contribution >= 4 is 111 Å². The van der Waals surface area contributed by atoms with Crippen molar-refractivity contribution in [1.29, 1.82) is 0 Å². The largest absolute Gasteiger partial charge is 0.426 e. The zero-order valence-electron chi connectivity index (χ0n) is 51.9. The van der Waals surface area contributed by atoms with E-state index in [-0.39, 0.29) is 23.9 Å². The normalized spacial score (nSPS) is 16.1. The Kier molecular flexibility index (Phi) is 22.8. The lowest BCUT2D eigenvalue weighted by atomic mass is 9.97. The number of esters is 4. The first kappa shape index (κ1) is 64.6. The first-order valence-electron chi connectivity index (χ1n) is 31.1. The maximum Gasteiger partial charge on any atom is 0.316 e. The third-order valence-corrected chi connectivity index (χ3v) is 26.1. The SMILES string of the molecule is CC(C)(C)C(=O)Oc1ccc([S+]2CCCC2)c2ccccc12.CC(C)(C)C(=O)Oc1ccc([S+]2CCCCC2)c2ccccc12.CCC(=O)Oc1ccc([S+]2CCCC2)c2ccccc12.CCC(=O)Oc1ccc([S+]2CCCCC2)c2ccccc12. The topological polar surface area (TPSA) is 105 Å². The fraction of sp³-hybridized carbons (Fsp3) is 0.405. The molecule has 4 saturated heterocycles. The number of rotatable bonds is 10. The van der Waals surface area contributed by atoms with Crippen molar-refractivity contribution in [3.8, 4) is 23.0 Å². The number of carbonyl (C=O) groups excluding carboxylic acids is 4. The summed E-state index contributed by atoms with van der Waals surface area (Å²) in [4.78, 5) is 53.3. The third-order valence-electron chi connectivity index (χ3n) is 15.9. The number of carbonyl (C=O) groups is 4. The molecule has 0 atom stereocenters. The average Bonchev–Trinajstić information content (AvgIpc) is 1.59. The third kappa shape index (κ3) is 16.4. The van der Waals surface area contributed by atoms with E-state index in [9.17, 15) is 19.2 Å². The zero-order chi connectivity index (χ0) is 60.8. The van der Waals surface area contributed by atoms with Gasteiger partial charge in [-0.15, -0.1) is 0 Å². The number of fused-ring (bicyclic) bond motifs is 4. The van der Waals surface area contributed by atoms with Crippen molar-refractivity contribution in [2.45, 2.75) is 152 Å². The van der Waals surface area contributed by atoms with Crippen molar-refractivity contribution < 1.29 is 38.1 Å². The number of benzene rings is 8. The van der Waals surface area contributed by atoms with Crippen LogP contribution in [0, 0.1) is 10.8 Å². The molecular formula is C74H88O8S4+4. The quantitative estimate of drug-likeness (QED) is 0.0757. The molecule has 4 aliphatic heterocycles. The summed E-state index contributed by atoms with van der Waals surface area (Å²) in [5.74, 6) is 12.4. The van der Waals surface area contributed by atoms with Gasteiger partial charge in [0.25, 0.3) is 0 Å². The van der Waals surface area contributed by atoms with Gasteiger partial charge in [0.1, 0.15) is 69.0 Å². The highest BCUT2D eigenvalue weighted by atomic mass is 32.2. The molecule has 0 saturated carbocycles. The van der Waals surface area contributed by atoms with Gasteiger partial charge < -0.3 is 18.9 Å². The van der Waals surface area contributed by atoms with Gasteiger partial charge >= 0.3 is 23.9 Å². The lowest BCUT2D eigenvalue weighted by Gasteiger charge is -2.19. The van der Waals surface area contributed by atoms with Gasteiger partial charge in [-0.1, -0.05) is 86.6 Å². The van der Waals surface area contributed by atoms with Crippen LogP contribution in [0.15, 0.2) is 165 Å². The molecule has 4 aliphatic rings. The maximum absolute atomic E-state index is 12.2. The second-order valence-corrected chi connectivity index (χ2v) is 33.5. The van der Waals surface area contributed by atoms with E-state index in [0.717, 1.165) is 21.5 Å². The molecule has 8 nitrogen and oxygen atoms in total. The molecule has 0 aliphatic carbocycles. The van der Waals surface area contributed by atoms with Crippen LogP contribution >= 0.6 is 0 Å². The van der Waals surface area contributed by atoms with Gasteiger partial charge in [0.05, 0.1) is 10.8 Å². The summed E-state index contributed by atoms with van der Waals surface area (Å²) in [6.45, 7) is 14.9. The Bertz CT molecular complexity index is 3630. The summed E-state index contributed by atoms with van der Waals surface area (Å²) in [5, 5.41) is 9.23. The van der Waals surface area contributed by atoms with E-state index in [4.69, 9.17) is 18.9 Å². The molecule has 0 amide bonds. The summed E-state index contributed by atoms with van der Waals surface area (Å²) >= 11 is 0. The molecule has 12 rings (SSSR count). The molecule has 4 fully saturated rings. The Balaban J connectivity index is 0.000000137. The van der Waals surface area contributed by atoms with Crippen molar-refractivity contribution in [2.24, 2.45) is 10.8 Å². The van der Waals surface area contributed by atoms with E-state index < -0.39 is 10.8 Å². The van der Waals surface area contributed by atoms with Crippen molar-refractivity contribution in [3.63, 3.8) is 0 Å². The molecule has 4 heterocycles. The molecule has 0 bridgehead atoms. The van der Waals surface area contributed by atoms with E-state index in [1.165, 1.54) is 151 Å². The van der Waals surface area contributed by atoms with Gasteiger partial charge in [0.2, 0.25) is 0 Å². The number of ether oxygens (including phenoxy) is 4. The molecule has 12 heteroatoms. The van der Waals surface area contributed by atoms with Crippen LogP contribution in [-0.2, 0) is 62.8 Å². The van der Waals surface area contributed by atoms with E-state index >= 15 is 0 Å². The molecule has 0 unspecified atom stereocenters. The number of hydrogen-bond acceptors (Lipinski definition) is 8. The van der Waals surface area contributed by atoms with Gasteiger partial charge in [-0.05, 0) is 179 Å². The minimum Gasteiger partial charge on any atom is -0.426 e. The molecule has 0 spiro atoms. The summed E-state index contributed by atoms with van der Waals surface area (Å²) in [6, 6.07) is 49.8. The van der Waals surface area contributed by atoms with E-state index in [1.807, 2.05) is 104 Å². The van der Waals surface area contributed by atoms with Crippen LogP contribution in [0.1, 0.15) is 132 Å². The summed E-state index contributed by atoms with van der Waals surface area (Å²) in [6.07, 6.45) is 14.2. The predicted molar refractivity (Wildman–Crippen MR) is 365 cm³/mol. The van der Waals surface area contributed by atoms with E-state index in [1.54, 1.807) is 0 Å². The van der Waals surface area contributed by atoms with E-state index in [2.05, 4.69) is 97.1 Å². The van der Waals surface area contributed by atoms with Crippen molar-refractivity contribution in [3.05, 3.63) is 146 Å². The molecule has 452 valence electrons. The molecule has 0 radical (unpaired) electrons. The molecule has 0 N–H and O–H groups in total. The smallest absolute Gasteiger partial charge is 0.316 e. The van der Waals surface area contributed by atoms with Crippen LogP contribution in [0.4, 0.5) is 0 Å². The molecule has 8 aromatic rings. The van der Waals surface area contributed by atoms with Crippen LogP contribution in [0.25, 0.3) is 43.1 Å². The van der Waals surface area contributed by atoms with Crippen molar-refractivity contribution in [1.82, 2.24) is 0 Å². The first-order chi connectivity index (χ1) is 41.5. The summed E-state index contributed by atoms with van der Waals surface area (Å²) in [7, 11) is 1.42. The van der Waals surface area contributed by atoms with Crippen LogP contribution in [-0.4, -0.2) is 69.9 Å². The highest BCUT2D eigenvalue weighted by Gasteiger charge is 2.34. The van der Waals surface area contributed by atoms with Gasteiger partial charge in [0.15, 0.2) is 19.6 Å². The standard InChI is InChI=1S/C20H25O2S.C19H23O2S.C18H21O2S.C17H19O2S/c1-20(2,3)19(21)22-17-11-12-18(23-13-7-4-8-14-23)16-10-6-5-9-15(16)17;1-19(2,3)18(20)21-16-10-11-17(22-12-6-7-13-22)15-9-5-4-8-14(15)16;1-2-18(19)20-16-10-11-17(21-12-6-3-7-13-21)15-9-5-4-8-14(15)16;1-2-17(18)19-15-9-10-16(20-11-5-6-12-20)14-8-4-3-7-13(14)15/h5-6,9-12H,4,7-8,13-14H2,1-3H3;4-5,8-11H,6-7,12-13H2,1-3H3;4-5,8-11H,2-3,6-7,12-13H2,1H3;3-4,7-10H,2,5-6,11-12H2,1H3/q4*+1. The minimum absolute atomic E-state index is 0.173. The van der Waals surface area contributed by atoms with Crippen LogP contribution in [0.5, 0.6) is 23.0 Å². The molecule has 8 aromatic carbocycles. The maximum atomic E-state index is 12.2. The van der Waals surface area contributed by atoms with Crippen molar-refractivity contribution in [2.75, 3.05) is 46.0 Å². The second-order valence-electron chi connectivity index (χ2n) is 24.5. The Morgan fingerprint density at radius 1 is 0.302 bits per heavy atom. The highest BCUT2D eigenvalue weighted by Crippen LogP contribution is 2.40. The summed E-state index contributed by atoms with van der Waals surface area (Å²) in [5.41, 5.74) is -0.988. The minimum atomic E-state index is -0.495. The fourth-order valence-corrected chi connectivity index (χ4v) is 21.1. The Morgan fingerprint density at radius 3 is 0.733 bits per heavy atom. The Morgan fingerprint density at radius 2 is 0.512 bits per heavy atom. The lowest BCUT2D eigenvalue weighted by molar-refractivity contribution is -0.143. The molecular weight excluding hydrogens is 1150 g/mol. The van der Waals surface area contributed by atoms with Gasteiger partial charge in [-0.25, -0.2) is 0 Å². The Hall–Kier alpha value is -5.92. The van der Waals surface area contributed by atoms with E-state index in [0.29, 0.717) is 79.4 Å². The van der Waals surface area contributed by atoms with Crippen LogP contribution in [0.3, 0.4) is 0 Å². The monoisotopic (exact) mass is 1230 g/mol. The predicted octanol–water partition coefficient (Wildman–Crippen LogP) is 17.8. The first-order valence-corrected chi connectivity index (χ1v) is 37.4. The zero-order valence-corrected chi connectivity index (χ0v) is 55.2. The Labute approximate surface area is 522 Å². The summed E-state index contributed by atoms with van der Waals surface area (Å²) < 4.78 is 22.3. The molecule has 0 aromatic heterocycles.